The number of rotatable bonds is 4. The molecular weight excluding hydrogens is 220 g/mol. The highest BCUT2D eigenvalue weighted by Crippen LogP contribution is 2.15. The maximum atomic E-state index is 11.9. The van der Waals surface area contributed by atoms with Crippen LogP contribution in [0.5, 0.6) is 0 Å². The number of amides is 1. The lowest BCUT2D eigenvalue weighted by Crippen LogP contribution is -2.14. The first-order chi connectivity index (χ1) is 8.31. The summed E-state index contributed by atoms with van der Waals surface area (Å²) in [5.74, 6) is -0.253. The Kier molecular flexibility index (Phi) is 3.34. The summed E-state index contributed by atoms with van der Waals surface area (Å²) in [5, 5.41) is 9.27. The fourth-order valence-corrected chi connectivity index (χ4v) is 1.39. The average molecular weight is 232 g/mol. The number of carbonyl (C=O) groups is 1. The summed E-state index contributed by atoms with van der Waals surface area (Å²) in [6.07, 6.45) is 5.94. The van der Waals surface area contributed by atoms with Gasteiger partial charge in [0, 0.05) is 18.9 Å². The SMILES string of the molecule is CCNc1ccncc1C(=O)Nc1cnoc1. The van der Waals surface area contributed by atoms with Gasteiger partial charge in [0.2, 0.25) is 0 Å². The van der Waals surface area contributed by atoms with Crippen LogP contribution in [0.3, 0.4) is 0 Å². The molecule has 2 rings (SSSR count). The Labute approximate surface area is 98.0 Å². The topological polar surface area (TPSA) is 80.0 Å². The van der Waals surface area contributed by atoms with Crippen LogP contribution in [0.1, 0.15) is 17.3 Å². The predicted octanol–water partition coefficient (Wildman–Crippen LogP) is 1.75. The van der Waals surface area contributed by atoms with Gasteiger partial charge in [-0.05, 0) is 13.0 Å². The van der Waals surface area contributed by atoms with E-state index in [1.807, 2.05) is 6.92 Å². The van der Waals surface area contributed by atoms with Crippen molar-refractivity contribution < 1.29 is 9.32 Å². The van der Waals surface area contributed by atoms with Gasteiger partial charge in [-0.3, -0.25) is 9.78 Å². The van der Waals surface area contributed by atoms with Gasteiger partial charge in [0.15, 0.2) is 0 Å². The van der Waals surface area contributed by atoms with Crippen molar-refractivity contribution in [1.82, 2.24) is 10.1 Å². The summed E-state index contributed by atoms with van der Waals surface area (Å²) in [7, 11) is 0. The van der Waals surface area contributed by atoms with Crippen LogP contribution in [0.2, 0.25) is 0 Å². The Morgan fingerprint density at radius 3 is 3.06 bits per heavy atom. The Morgan fingerprint density at radius 1 is 1.47 bits per heavy atom. The number of hydrogen-bond acceptors (Lipinski definition) is 5. The predicted molar refractivity (Wildman–Crippen MR) is 62.9 cm³/mol. The third-order valence-corrected chi connectivity index (χ3v) is 2.12. The summed E-state index contributed by atoms with van der Waals surface area (Å²) in [4.78, 5) is 15.9. The highest BCUT2D eigenvalue weighted by atomic mass is 16.5. The fourth-order valence-electron chi connectivity index (χ4n) is 1.39. The van der Waals surface area contributed by atoms with Crippen molar-refractivity contribution in [1.29, 1.82) is 0 Å². The minimum absolute atomic E-state index is 0.253. The second-order valence-corrected chi connectivity index (χ2v) is 3.32. The summed E-state index contributed by atoms with van der Waals surface area (Å²) in [5.41, 5.74) is 1.74. The Morgan fingerprint density at radius 2 is 2.35 bits per heavy atom. The monoisotopic (exact) mass is 232 g/mol. The summed E-state index contributed by atoms with van der Waals surface area (Å²) < 4.78 is 4.63. The van der Waals surface area contributed by atoms with E-state index in [1.54, 1.807) is 12.3 Å². The Bertz CT molecular complexity index is 496. The van der Waals surface area contributed by atoms with Crippen LogP contribution in [0.15, 0.2) is 35.4 Å². The molecule has 2 heterocycles. The van der Waals surface area contributed by atoms with Crippen molar-refractivity contribution in [2.75, 3.05) is 17.2 Å². The van der Waals surface area contributed by atoms with E-state index >= 15 is 0 Å². The number of carbonyl (C=O) groups excluding carboxylic acids is 1. The Balaban J connectivity index is 2.18. The van der Waals surface area contributed by atoms with Gasteiger partial charge < -0.3 is 15.2 Å². The van der Waals surface area contributed by atoms with Gasteiger partial charge in [0.05, 0.1) is 17.4 Å². The molecule has 0 aliphatic heterocycles. The van der Waals surface area contributed by atoms with Crippen LogP contribution < -0.4 is 10.6 Å². The fraction of sp³-hybridized carbons (Fsp3) is 0.182. The largest absolute Gasteiger partial charge is 0.385 e. The van der Waals surface area contributed by atoms with Crippen molar-refractivity contribution in [3.63, 3.8) is 0 Å². The van der Waals surface area contributed by atoms with E-state index in [9.17, 15) is 4.79 Å². The third kappa shape index (κ3) is 2.60. The zero-order valence-corrected chi connectivity index (χ0v) is 9.30. The quantitative estimate of drug-likeness (QED) is 0.839. The maximum Gasteiger partial charge on any atom is 0.259 e. The minimum Gasteiger partial charge on any atom is -0.385 e. The molecule has 0 radical (unpaired) electrons. The first kappa shape index (κ1) is 11.1. The lowest BCUT2D eigenvalue weighted by molar-refractivity contribution is 0.102. The second-order valence-electron chi connectivity index (χ2n) is 3.32. The van der Waals surface area contributed by atoms with Gasteiger partial charge in [-0.15, -0.1) is 0 Å². The molecule has 0 unspecified atom stereocenters. The van der Waals surface area contributed by atoms with E-state index in [1.165, 1.54) is 18.7 Å². The van der Waals surface area contributed by atoms with Crippen LogP contribution >= 0.6 is 0 Å². The molecule has 88 valence electrons. The smallest absolute Gasteiger partial charge is 0.259 e. The van der Waals surface area contributed by atoms with Gasteiger partial charge >= 0.3 is 0 Å². The van der Waals surface area contributed by atoms with Crippen molar-refractivity contribution in [3.8, 4) is 0 Å². The maximum absolute atomic E-state index is 11.9. The van der Waals surface area contributed by atoms with Gasteiger partial charge in [0.25, 0.3) is 5.91 Å². The third-order valence-electron chi connectivity index (χ3n) is 2.12. The molecule has 0 aliphatic carbocycles. The highest BCUT2D eigenvalue weighted by Gasteiger charge is 2.11. The van der Waals surface area contributed by atoms with E-state index in [0.717, 1.165) is 12.2 Å². The molecule has 6 nitrogen and oxygen atoms in total. The van der Waals surface area contributed by atoms with Crippen LogP contribution in [-0.2, 0) is 0 Å². The normalized spacial score (nSPS) is 9.94. The van der Waals surface area contributed by atoms with Crippen molar-refractivity contribution in [3.05, 3.63) is 36.5 Å². The van der Waals surface area contributed by atoms with Crippen molar-refractivity contribution in [2.24, 2.45) is 0 Å². The van der Waals surface area contributed by atoms with Gasteiger partial charge in [0.1, 0.15) is 12.0 Å². The molecule has 2 N–H and O–H groups in total. The molecule has 2 aromatic heterocycles. The van der Waals surface area contributed by atoms with E-state index in [4.69, 9.17) is 0 Å². The molecule has 0 bridgehead atoms. The number of nitrogens with one attached hydrogen (secondary N) is 2. The van der Waals surface area contributed by atoms with Crippen LogP contribution in [0.4, 0.5) is 11.4 Å². The van der Waals surface area contributed by atoms with E-state index in [2.05, 4.69) is 25.3 Å². The molecular formula is C11H12N4O2. The first-order valence-electron chi connectivity index (χ1n) is 5.20. The average Bonchev–Trinajstić information content (AvgIpc) is 2.83. The molecule has 2 aromatic rings. The molecule has 0 saturated carbocycles. The van der Waals surface area contributed by atoms with Gasteiger partial charge in [-0.1, -0.05) is 5.16 Å². The lowest BCUT2D eigenvalue weighted by Gasteiger charge is -2.08. The zero-order valence-electron chi connectivity index (χ0n) is 9.30. The van der Waals surface area contributed by atoms with E-state index < -0.39 is 0 Å². The number of hydrogen-bond donors (Lipinski definition) is 2. The van der Waals surface area contributed by atoms with Crippen molar-refractivity contribution in [2.45, 2.75) is 6.92 Å². The first-order valence-corrected chi connectivity index (χ1v) is 5.20. The summed E-state index contributed by atoms with van der Waals surface area (Å²) in [6, 6.07) is 1.76. The van der Waals surface area contributed by atoms with Crippen LogP contribution in [-0.4, -0.2) is 22.6 Å². The zero-order chi connectivity index (χ0) is 12.1. The van der Waals surface area contributed by atoms with Crippen LogP contribution in [0, 0.1) is 0 Å². The summed E-state index contributed by atoms with van der Waals surface area (Å²) >= 11 is 0. The van der Waals surface area contributed by atoms with E-state index in [0.29, 0.717) is 11.3 Å². The summed E-state index contributed by atoms with van der Waals surface area (Å²) in [6.45, 7) is 2.69. The number of nitrogens with zero attached hydrogens (tertiary/aromatic N) is 2. The second kappa shape index (κ2) is 5.11. The van der Waals surface area contributed by atoms with Crippen molar-refractivity contribution >= 4 is 17.3 Å². The lowest BCUT2D eigenvalue weighted by atomic mass is 10.2. The number of anilines is 2. The van der Waals surface area contributed by atoms with Gasteiger partial charge in [-0.25, -0.2) is 0 Å². The molecule has 0 aromatic carbocycles. The highest BCUT2D eigenvalue weighted by molar-refractivity contribution is 6.07. The minimum atomic E-state index is -0.253. The van der Waals surface area contributed by atoms with Gasteiger partial charge in [-0.2, -0.15) is 0 Å². The molecule has 0 atom stereocenters. The molecule has 17 heavy (non-hydrogen) atoms. The van der Waals surface area contributed by atoms with Crippen LogP contribution in [0.25, 0.3) is 0 Å². The standard InChI is InChI=1S/C11H12N4O2/c1-2-13-10-3-4-12-6-9(10)11(16)15-8-5-14-17-7-8/h3-7H,2H2,1H3,(H,12,13)(H,15,16). The molecule has 0 aliphatic rings. The molecule has 1 amide bonds. The molecule has 0 saturated heterocycles. The molecule has 0 spiro atoms. The van der Waals surface area contributed by atoms with E-state index in [-0.39, 0.29) is 5.91 Å². The number of aromatic nitrogens is 2. The molecule has 6 heteroatoms. The Hall–Kier alpha value is -2.37. The number of pyridine rings is 1. The molecule has 0 fully saturated rings.